The van der Waals surface area contributed by atoms with Crippen LogP contribution in [0.3, 0.4) is 0 Å². The lowest BCUT2D eigenvalue weighted by atomic mass is 9.82. The minimum Gasteiger partial charge on any atom is -0.300 e. The van der Waals surface area contributed by atoms with Crippen LogP contribution in [0.25, 0.3) is 0 Å². The summed E-state index contributed by atoms with van der Waals surface area (Å²) in [5.41, 5.74) is 1.41. The van der Waals surface area contributed by atoms with E-state index in [0.29, 0.717) is 17.7 Å². The molecule has 0 spiro atoms. The molecule has 0 bridgehead atoms. The highest BCUT2D eigenvalue weighted by Crippen LogP contribution is 2.29. The maximum absolute atomic E-state index is 11.7. The molecule has 2 aliphatic rings. The van der Waals surface area contributed by atoms with E-state index in [1.54, 1.807) is 6.92 Å². The van der Waals surface area contributed by atoms with Crippen LogP contribution in [-0.4, -0.2) is 47.8 Å². The number of benzene rings is 1. The number of carbonyl (C=O) groups is 1. The molecule has 22 heavy (non-hydrogen) atoms. The molecule has 0 N–H and O–H groups in total. The first-order valence-electron chi connectivity index (χ1n) is 8.73. The van der Waals surface area contributed by atoms with Gasteiger partial charge in [-0.05, 0) is 31.7 Å². The van der Waals surface area contributed by atoms with E-state index in [0.717, 1.165) is 45.6 Å². The van der Waals surface area contributed by atoms with Crippen molar-refractivity contribution in [2.45, 2.75) is 45.2 Å². The molecule has 3 heteroatoms. The monoisotopic (exact) mass is 300 g/mol. The van der Waals surface area contributed by atoms with Crippen LogP contribution >= 0.6 is 0 Å². The van der Waals surface area contributed by atoms with Crippen LogP contribution in [0.5, 0.6) is 0 Å². The second-order valence-corrected chi connectivity index (χ2v) is 6.93. The van der Waals surface area contributed by atoms with Crippen LogP contribution in [0.15, 0.2) is 30.3 Å². The molecule has 1 aromatic rings. The Morgan fingerprint density at radius 1 is 1.09 bits per heavy atom. The number of hydrogen-bond donors (Lipinski definition) is 0. The second kappa shape index (κ2) is 7.38. The molecule has 3 rings (SSSR count). The van der Waals surface area contributed by atoms with Crippen LogP contribution < -0.4 is 0 Å². The summed E-state index contributed by atoms with van der Waals surface area (Å²) in [5.74, 6) is 0.716. The van der Waals surface area contributed by atoms with Crippen LogP contribution in [0.2, 0.25) is 0 Å². The first kappa shape index (κ1) is 15.7. The van der Waals surface area contributed by atoms with Crippen molar-refractivity contribution < 1.29 is 4.79 Å². The molecular weight excluding hydrogens is 272 g/mol. The first-order valence-corrected chi connectivity index (χ1v) is 8.73. The quantitative estimate of drug-likeness (QED) is 0.854. The molecule has 0 unspecified atom stereocenters. The Morgan fingerprint density at radius 2 is 1.82 bits per heavy atom. The van der Waals surface area contributed by atoms with E-state index in [4.69, 9.17) is 0 Å². The molecule has 3 nitrogen and oxygen atoms in total. The second-order valence-electron chi connectivity index (χ2n) is 6.93. The van der Waals surface area contributed by atoms with E-state index >= 15 is 0 Å². The van der Waals surface area contributed by atoms with Crippen molar-refractivity contribution >= 4 is 5.78 Å². The van der Waals surface area contributed by atoms with Gasteiger partial charge < -0.3 is 0 Å². The molecule has 1 heterocycles. The summed E-state index contributed by atoms with van der Waals surface area (Å²) in [5, 5.41) is 0. The topological polar surface area (TPSA) is 23.6 Å². The molecule has 0 amide bonds. The molecule has 2 fully saturated rings. The van der Waals surface area contributed by atoms with Crippen molar-refractivity contribution in [3.8, 4) is 0 Å². The fourth-order valence-electron chi connectivity index (χ4n) is 3.99. The molecule has 0 radical (unpaired) electrons. The number of Topliss-reactive ketones (excluding diaryl/α,β-unsaturated/α-hetero) is 1. The number of nitrogens with zero attached hydrogens (tertiary/aromatic N) is 2. The Kier molecular flexibility index (Phi) is 5.27. The standard InChI is InChI=1S/C19H28N2O/c1-16(22)18-8-5-9-19(14-18)21-12-10-20(11-13-21)15-17-6-3-2-4-7-17/h2-4,6-7,18-19H,5,8-15H2,1H3/t18-,19+/m0/s1. The lowest BCUT2D eigenvalue weighted by molar-refractivity contribution is -0.122. The van der Waals surface area contributed by atoms with Crippen molar-refractivity contribution in [1.82, 2.24) is 9.80 Å². The third kappa shape index (κ3) is 3.96. The lowest BCUT2D eigenvalue weighted by Gasteiger charge is -2.42. The predicted molar refractivity (Wildman–Crippen MR) is 89.7 cm³/mol. The molecule has 2 atom stereocenters. The summed E-state index contributed by atoms with van der Waals surface area (Å²) in [6.45, 7) is 7.44. The van der Waals surface area contributed by atoms with E-state index in [1.165, 1.54) is 18.4 Å². The van der Waals surface area contributed by atoms with Gasteiger partial charge in [0.15, 0.2) is 0 Å². The van der Waals surface area contributed by atoms with Gasteiger partial charge in [0.05, 0.1) is 0 Å². The summed E-state index contributed by atoms with van der Waals surface area (Å²) in [4.78, 5) is 16.8. The largest absolute Gasteiger partial charge is 0.300 e. The average molecular weight is 300 g/mol. The zero-order valence-electron chi connectivity index (χ0n) is 13.7. The van der Waals surface area contributed by atoms with E-state index in [2.05, 4.69) is 40.1 Å². The minimum absolute atomic E-state index is 0.320. The zero-order valence-corrected chi connectivity index (χ0v) is 13.7. The fraction of sp³-hybridized carbons (Fsp3) is 0.632. The summed E-state index contributed by atoms with van der Waals surface area (Å²) in [6.07, 6.45) is 4.70. The molecule has 0 aromatic heterocycles. The molecule has 1 aliphatic heterocycles. The van der Waals surface area contributed by atoms with Crippen molar-refractivity contribution in [3.63, 3.8) is 0 Å². The van der Waals surface area contributed by atoms with E-state index in [1.807, 2.05) is 0 Å². The summed E-state index contributed by atoms with van der Waals surface area (Å²) in [6, 6.07) is 11.4. The Hall–Kier alpha value is -1.19. The Labute approximate surface area is 134 Å². The molecule has 1 saturated carbocycles. The van der Waals surface area contributed by atoms with Gasteiger partial charge >= 0.3 is 0 Å². The van der Waals surface area contributed by atoms with Crippen molar-refractivity contribution in [3.05, 3.63) is 35.9 Å². The summed E-state index contributed by atoms with van der Waals surface area (Å²) < 4.78 is 0. The molecule has 1 aliphatic carbocycles. The average Bonchev–Trinajstić information content (AvgIpc) is 2.56. The molecular formula is C19H28N2O. The maximum Gasteiger partial charge on any atom is 0.132 e. The normalized spacial score (nSPS) is 27.7. The van der Waals surface area contributed by atoms with Crippen LogP contribution in [0.1, 0.15) is 38.2 Å². The number of piperazine rings is 1. The zero-order chi connectivity index (χ0) is 15.4. The van der Waals surface area contributed by atoms with Gasteiger partial charge in [-0.25, -0.2) is 0 Å². The summed E-state index contributed by atoms with van der Waals surface area (Å²) in [7, 11) is 0. The highest BCUT2D eigenvalue weighted by molar-refractivity contribution is 5.78. The Morgan fingerprint density at radius 3 is 2.50 bits per heavy atom. The SMILES string of the molecule is CC(=O)[C@H]1CCC[C@@H](N2CCN(Cc3ccccc3)CC2)C1. The van der Waals surface area contributed by atoms with Gasteiger partial charge in [0.25, 0.3) is 0 Å². The van der Waals surface area contributed by atoms with Gasteiger partial charge in [0.1, 0.15) is 5.78 Å². The molecule has 120 valence electrons. The van der Waals surface area contributed by atoms with E-state index < -0.39 is 0 Å². The van der Waals surface area contributed by atoms with Crippen LogP contribution in [0.4, 0.5) is 0 Å². The van der Waals surface area contributed by atoms with Gasteiger partial charge in [-0.3, -0.25) is 14.6 Å². The Balaban J connectivity index is 1.48. The van der Waals surface area contributed by atoms with Gasteiger partial charge in [-0.15, -0.1) is 0 Å². The van der Waals surface area contributed by atoms with Gasteiger partial charge in [0.2, 0.25) is 0 Å². The smallest absolute Gasteiger partial charge is 0.132 e. The number of carbonyl (C=O) groups excluding carboxylic acids is 1. The van der Waals surface area contributed by atoms with E-state index in [9.17, 15) is 4.79 Å². The third-order valence-corrected chi connectivity index (χ3v) is 5.39. The fourth-order valence-corrected chi connectivity index (χ4v) is 3.99. The van der Waals surface area contributed by atoms with Crippen LogP contribution in [0, 0.1) is 5.92 Å². The third-order valence-electron chi connectivity index (χ3n) is 5.39. The van der Waals surface area contributed by atoms with Gasteiger partial charge in [-0.1, -0.05) is 36.8 Å². The van der Waals surface area contributed by atoms with Gasteiger partial charge in [-0.2, -0.15) is 0 Å². The highest BCUT2D eigenvalue weighted by atomic mass is 16.1. The predicted octanol–water partition coefficient (Wildman–Crippen LogP) is 2.95. The van der Waals surface area contributed by atoms with Crippen LogP contribution in [-0.2, 0) is 11.3 Å². The Bertz CT molecular complexity index is 479. The van der Waals surface area contributed by atoms with E-state index in [-0.39, 0.29) is 0 Å². The maximum atomic E-state index is 11.7. The first-order chi connectivity index (χ1) is 10.7. The van der Waals surface area contributed by atoms with Crippen molar-refractivity contribution in [1.29, 1.82) is 0 Å². The van der Waals surface area contributed by atoms with Crippen molar-refractivity contribution in [2.75, 3.05) is 26.2 Å². The minimum atomic E-state index is 0.320. The van der Waals surface area contributed by atoms with Gasteiger partial charge in [0, 0.05) is 44.7 Å². The number of hydrogen-bond acceptors (Lipinski definition) is 3. The number of rotatable bonds is 4. The lowest BCUT2D eigenvalue weighted by Crippen LogP contribution is -2.51. The number of ketones is 1. The highest BCUT2D eigenvalue weighted by Gasteiger charge is 2.30. The molecule has 1 saturated heterocycles. The summed E-state index contributed by atoms with van der Waals surface area (Å²) >= 11 is 0. The molecule has 1 aromatic carbocycles. The van der Waals surface area contributed by atoms with Crippen molar-refractivity contribution in [2.24, 2.45) is 5.92 Å².